The number of rotatable bonds is 9. The van der Waals surface area contributed by atoms with E-state index < -0.39 is 17.6 Å². The van der Waals surface area contributed by atoms with Crippen LogP contribution in [0.1, 0.15) is 46.3 Å². The number of ether oxygens (including phenoxy) is 1. The number of carbonyl (C=O) groups excluding carboxylic acids is 2. The Morgan fingerprint density at radius 3 is 2.22 bits per heavy atom. The average Bonchev–Trinajstić information content (AvgIpc) is 3.11. The van der Waals surface area contributed by atoms with Gasteiger partial charge in [0.15, 0.2) is 0 Å². The average molecular weight is 672 g/mol. The number of benzene rings is 3. The fraction of sp³-hybridized carbons (Fsp3) is 0.342. The molecule has 0 unspecified atom stereocenters. The Hall–Kier alpha value is -4.90. The minimum absolute atomic E-state index is 0.103. The number of aryl methyl sites for hydroxylation is 1. The predicted octanol–water partition coefficient (Wildman–Crippen LogP) is 7.40. The Bertz CT molecular complexity index is 1720. The molecule has 11 heteroatoms. The molecule has 8 nitrogen and oxygen atoms in total. The van der Waals surface area contributed by atoms with Gasteiger partial charge in [0.25, 0.3) is 5.91 Å². The molecule has 1 aromatic heterocycles. The van der Waals surface area contributed by atoms with Gasteiger partial charge in [-0.2, -0.15) is 13.2 Å². The van der Waals surface area contributed by atoms with E-state index in [0.717, 1.165) is 94.2 Å². The third-order valence-electron chi connectivity index (χ3n) is 9.26. The third-order valence-corrected chi connectivity index (χ3v) is 9.26. The maximum Gasteiger partial charge on any atom is 0.416 e. The number of piperidine rings is 1. The minimum Gasteiger partial charge on any atom is -0.439 e. The van der Waals surface area contributed by atoms with Crippen LogP contribution >= 0.6 is 0 Å². The summed E-state index contributed by atoms with van der Waals surface area (Å²) < 4.78 is 44.4. The van der Waals surface area contributed by atoms with E-state index in [4.69, 9.17) is 4.74 Å². The number of halogens is 3. The molecule has 49 heavy (non-hydrogen) atoms. The van der Waals surface area contributed by atoms with Crippen LogP contribution in [-0.2, 0) is 17.5 Å². The number of nitrogens with zero attached hydrogens (tertiary/aromatic N) is 4. The van der Waals surface area contributed by atoms with Gasteiger partial charge in [0.1, 0.15) is 5.75 Å². The zero-order valence-electron chi connectivity index (χ0n) is 27.5. The molecule has 3 aromatic carbocycles. The molecule has 0 aliphatic carbocycles. The van der Waals surface area contributed by atoms with Gasteiger partial charge in [-0.1, -0.05) is 30.3 Å². The Labute approximate surface area is 284 Å². The maximum absolute atomic E-state index is 13.1. The number of hydrogen-bond acceptors (Lipinski definition) is 6. The highest BCUT2D eigenvalue weighted by atomic mass is 19.4. The number of amides is 2. The summed E-state index contributed by atoms with van der Waals surface area (Å²) in [6, 6.07) is 23.8. The van der Waals surface area contributed by atoms with Gasteiger partial charge >= 0.3 is 6.18 Å². The van der Waals surface area contributed by atoms with Crippen LogP contribution in [0.15, 0.2) is 91.1 Å². The van der Waals surface area contributed by atoms with Crippen molar-refractivity contribution >= 4 is 23.2 Å². The van der Waals surface area contributed by atoms with Gasteiger partial charge in [-0.05, 0) is 85.3 Å². The van der Waals surface area contributed by atoms with Crippen LogP contribution in [0.2, 0.25) is 0 Å². The topological polar surface area (TPSA) is 78.0 Å². The lowest BCUT2D eigenvalue weighted by Gasteiger charge is -2.37. The van der Waals surface area contributed by atoms with E-state index in [1.807, 2.05) is 30.0 Å². The van der Waals surface area contributed by atoms with Crippen LogP contribution in [0.25, 0.3) is 0 Å². The molecule has 2 aliphatic heterocycles. The molecule has 0 spiro atoms. The minimum atomic E-state index is -4.46. The van der Waals surface area contributed by atoms with Crippen molar-refractivity contribution in [2.45, 2.75) is 38.9 Å². The summed E-state index contributed by atoms with van der Waals surface area (Å²) in [5.41, 5.74) is 3.04. The van der Waals surface area contributed by atoms with Gasteiger partial charge in [0, 0.05) is 69.6 Å². The second-order valence-corrected chi connectivity index (χ2v) is 12.7. The summed E-state index contributed by atoms with van der Waals surface area (Å²) in [4.78, 5) is 36.7. The molecule has 0 saturated carbocycles. The number of nitrogens with one attached hydrogen (secondary N) is 1. The lowest BCUT2D eigenvalue weighted by molar-refractivity contribution is -0.137. The van der Waals surface area contributed by atoms with E-state index in [2.05, 4.69) is 50.4 Å². The van der Waals surface area contributed by atoms with Crippen molar-refractivity contribution in [3.63, 3.8) is 0 Å². The van der Waals surface area contributed by atoms with Gasteiger partial charge in [-0.15, -0.1) is 0 Å². The van der Waals surface area contributed by atoms with Gasteiger partial charge in [0.05, 0.1) is 17.4 Å². The molecule has 256 valence electrons. The molecule has 1 N–H and O–H groups in total. The van der Waals surface area contributed by atoms with Crippen molar-refractivity contribution in [2.24, 2.45) is 5.92 Å². The molecule has 2 aliphatic rings. The van der Waals surface area contributed by atoms with E-state index in [9.17, 15) is 22.8 Å². The van der Waals surface area contributed by atoms with Crippen molar-refractivity contribution in [2.75, 3.05) is 49.5 Å². The summed E-state index contributed by atoms with van der Waals surface area (Å²) in [7, 11) is 0. The number of hydrogen-bond donors (Lipinski definition) is 1. The van der Waals surface area contributed by atoms with Gasteiger partial charge in [-0.3, -0.25) is 14.5 Å². The molecular formula is C38H40F3N5O3. The summed E-state index contributed by atoms with van der Waals surface area (Å²) in [6.45, 7) is 8.09. The van der Waals surface area contributed by atoms with E-state index in [1.165, 1.54) is 11.8 Å². The predicted molar refractivity (Wildman–Crippen MR) is 183 cm³/mol. The van der Waals surface area contributed by atoms with Crippen LogP contribution in [-0.4, -0.2) is 65.9 Å². The summed E-state index contributed by atoms with van der Waals surface area (Å²) in [5.74, 6) is 1.12. The zero-order valence-corrected chi connectivity index (χ0v) is 27.5. The number of anilines is 2. The molecule has 0 bridgehead atoms. The maximum atomic E-state index is 13.1. The van der Waals surface area contributed by atoms with Crippen molar-refractivity contribution in [3.05, 3.63) is 113 Å². The smallest absolute Gasteiger partial charge is 0.416 e. The van der Waals surface area contributed by atoms with E-state index >= 15 is 0 Å². The second kappa shape index (κ2) is 15.1. The SMILES string of the molecule is Cc1cc(N2CCC(CC(=O)N3CCN(Cc4ccccc4)CC3)CC2)ccc1Oc1ccc(NC(=O)c2ccc(C(F)(F)F)cc2)cn1. The second-order valence-electron chi connectivity index (χ2n) is 12.7. The summed E-state index contributed by atoms with van der Waals surface area (Å²) >= 11 is 0. The summed E-state index contributed by atoms with van der Waals surface area (Å²) in [5, 5.41) is 2.64. The van der Waals surface area contributed by atoms with Crippen molar-refractivity contribution < 1.29 is 27.5 Å². The molecule has 2 fully saturated rings. The molecule has 2 amide bonds. The number of pyridine rings is 1. The van der Waals surface area contributed by atoms with E-state index in [-0.39, 0.29) is 11.5 Å². The van der Waals surface area contributed by atoms with Crippen molar-refractivity contribution in [1.29, 1.82) is 0 Å². The fourth-order valence-electron chi connectivity index (χ4n) is 6.35. The zero-order chi connectivity index (χ0) is 34.4. The highest BCUT2D eigenvalue weighted by Gasteiger charge is 2.30. The molecule has 6 rings (SSSR count). The van der Waals surface area contributed by atoms with Gasteiger partial charge < -0.3 is 19.9 Å². The van der Waals surface area contributed by atoms with Crippen LogP contribution < -0.4 is 15.0 Å². The van der Waals surface area contributed by atoms with Gasteiger partial charge in [-0.25, -0.2) is 4.98 Å². The Morgan fingerprint density at radius 2 is 1.59 bits per heavy atom. The first-order valence-electron chi connectivity index (χ1n) is 16.6. The first-order valence-corrected chi connectivity index (χ1v) is 16.6. The molecule has 2 saturated heterocycles. The first kappa shape index (κ1) is 34.0. The monoisotopic (exact) mass is 671 g/mol. The van der Waals surface area contributed by atoms with Gasteiger partial charge in [0.2, 0.25) is 11.8 Å². The largest absolute Gasteiger partial charge is 0.439 e. The molecule has 0 atom stereocenters. The van der Waals surface area contributed by atoms with Crippen LogP contribution in [0.3, 0.4) is 0 Å². The number of piperazine rings is 1. The van der Waals surface area contributed by atoms with Crippen LogP contribution in [0.5, 0.6) is 11.6 Å². The highest BCUT2D eigenvalue weighted by Crippen LogP contribution is 2.32. The van der Waals surface area contributed by atoms with Crippen LogP contribution in [0, 0.1) is 12.8 Å². The first-order chi connectivity index (χ1) is 23.6. The quantitative estimate of drug-likeness (QED) is 0.200. The molecule has 0 radical (unpaired) electrons. The number of alkyl halides is 3. The van der Waals surface area contributed by atoms with Crippen molar-refractivity contribution in [3.8, 4) is 11.6 Å². The number of carbonyl (C=O) groups is 2. The Kier molecular flexibility index (Phi) is 10.5. The van der Waals surface area contributed by atoms with E-state index in [1.54, 1.807) is 12.1 Å². The molecule has 3 heterocycles. The third kappa shape index (κ3) is 8.97. The Balaban J connectivity index is 0.939. The standard InChI is InChI=1S/C38H40F3N5O3/c1-27-23-33(45-17-15-28(16-18-45)24-36(47)46-21-19-44(20-22-46)26-29-5-3-2-4-6-29)12-13-34(27)49-35-14-11-32(25-42-35)43-37(48)30-7-9-31(10-8-30)38(39,40)41/h2-14,23,25,28H,15-22,24,26H2,1H3,(H,43,48). The van der Waals surface area contributed by atoms with E-state index in [0.29, 0.717) is 29.7 Å². The lowest BCUT2D eigenvalue weighted by Crippen LogP contribution is -2.48. The summed E-state index contributed by atoms with van der Waals surface area (Å²) in [6.07, 6.45) is -0.469. The van der Waals surface area contributed by atoms with Crippen LogP contribution in [0.4, 0.5) is 24.5 Å². The molecule has 4 aromatic rings. The highest BCUT2D eigenvalue weighted by molar-refractivity contribution is 6.04. The molecular weight excluding hydrogens is 631 g/mol. The Morgan fingerprint density at radius 1 is 0.878 bits per heavy atom. The lowest BCUT2D eigenvalue weighted by atomic mass is 9.92. The van der Waals surface area contributed by atoms with Crippen molar-refractivity contribution in [1.82, 2.24) is 14.8 Å². The normalized spacial score (nSPS) is 16.0. The fourth-order valence-corrected chi connectivity index (χ4v) is 6.35. The number of aromatic nitrogens is 1.